The zero-order valence-corrected chi connectivity index (χ0v) is 8.43. The van der Waals surface area contributed by atoms with Crippen LogP contribution >= 0.6 is 0 Å². The number of aryl methyl sites for hydroxylation is 1. The number of aromatic nitrogens is 1. The summed E-state index contributed by atoms with van der Waals surface area (Å²) in [6.07, 6.45) is -0.802. The number of halogens is 3. The quantitative estimate of drug-likeness (QED) is 0.647. The molecular formula is C11H12F3N. The predicted molar refractivity (Wildman–Crippen MR) is 50.4 cm³/mol. The SMILES string of the molecule is CC1CCc2ncc(C(F)(F)F)cc2C1. The zero-order valence-electron chi connectivity index (χ0n) is 8.43. The average molecular weight is 215 g/mol. The third-order valence-electron chi connectivity index (χ3n) is 2.83. The van der Waals surface area contributed by atoms with Crippen LogP contribution in [-0.4, -0.2) is 4.98 Å². The molecule has 82 valence electrons. The van der Waals surface area contributed by atoms with Crippen LogP contribution in [0.4, 0.5) is 13.2 Å². The van der Waals surface area contributed by atoms with Crippen molar-refractivity contribution < 1.29 is 13.2 Å². The summed E-state index contributed by atoms with van der Waals surface area (Å²) >= 11 is 0. The van der Waals surface area contributed by atoms with Crippen LogP contribution in [-0.2, 0) is 19.0 Å². The molecule has 0 N–H and O–H groups in total. The summed E-state index contributed by atoms with van der Waals surface area (Å²) < 4.78 is 37.2. The van der Waals surface area contributed by atoms with Gasteiger partial charge in [0.05, 0.1) is 5.56 Å². The van der Waals surface area contributed by atoms with Crippen LogP contribution in [0.3, 0.4) is 0 Å². The Morgan fingerprint density at radius 2 is 2.13 bits per heavy atom. The molecule has 1 unspecified atom stereocenters. The number of pyridine rings is 1. The van der Waals surface area contributed by atoms with Gasteiger partial charge >= 0.3 is 6.18 Å². The highest BCUT2D eigenvalue weighted by molar-refractivity contribution is 5.29. The number of fused-ring (bicyclic) bond motifs is 1. The minimum Gasteiger partial charge on any atom is -0.260 e. The molecule has 1 atom stereocenters. The molecule has 0 fully saturated rings. The first-order valence-corrected chi connectivity index (χ1v) is 5.02. The molecule has 4 heteroatoms. The highest BCUT2D eigenvalue weighted by Crippen LogP contribution is 2.32. The first-order valence-electron chi connectivity index (χ1n) is 5.02. The summed E-state index contributed by atoms with van der Waals surface area (Å²) in [6, 6.07) is 1.25. The van der Waals surface area contributed by atoms with E-state index >= 15 is 0 Å². The summed E-state index contributed by atoms with van der Waals surface area (Å²) in [6.45, 7) is 2.06. The second-order valence-electron chi connectivity index (χ2n) is 4.18. The molecule has 1 aromatic heterocycles. The van der Waals surface area contributed by atoms with Crippen LogP contribution in [0.2, 0.25) is 0 Å². The molecule has 0 aromatic carbocycles. The Bertz CT molecular complexity index is 371. The lowest BCUT2D eigenvalue weighted by Gasteiger charge is -2.21. The first kappa shape index (κ1) is 10.5. The molecule has 1 heterocycles. The fraction of sp³-hybridized carbons (Fsp3) is 0.545. The van der Waals surface area contributed by atoms with Gasteiger partial charge in [0.2, 0.25) is 0 Å². The van der Waals surface area contributed by atoms with Crippen molar-refractivity contribution >= 4 is 0 Å². The largest absolute Gasteiger partial charge is 0.417 e. The van der Waals surface area contributed by atoms with Crippen LogP contribution in [0.15, 0.2) is 12.3 Å². The Morgan fingerprint density at radius 1 is 1.40 bits per heavy atom. The van der Waals surface area contributed by atoms with E-state index in [0.717, 1.165) is 30.3 Å². The van der Waals surface area contributed by atoms with E-state index in [9.17, 15) is 13.2 Å². The molecule has 2 rings (SSSR count). The van der Waals surface area contributed by atoms with Gasteiger partial charge in [-0.15, -0.1) is 0 Å². The Morgan fingerprint density at radius 3 is 2.80 bits per heavy atom. The fourth-order valence-electron chi connectivity index (χ4n) is 1.96. The normalized spacial score (nSPS) is 21.2. The van der Waals surface area contributed by atoms with Gasteiger partial charge in [-0.1, -0.05) is 6.92 Å². The van der Waals surface area contributed by atoms with Crippen LogP contribution < -0.4 is 0 Å². The van der Waals surface area contributed by atoms with Crippen molar-refractivity contribution in [1.29, 1.82) is 0 Å². The van der Waals surface area contributed by atoms with E-state index in [-0.39, 0.29) is 0 Å². The van der Waals surface area contributed by atoms with Crippen molar-refractivity contribution in [2.75, 3.05) is 0 Å². The van der Waals surface area contributed by atoms with Gasteiger partial charge in [0.1, 0.15) is 0 Å². The molecule has 0 spiro atoms. The molecule has 0 saturated heterocycles. The molecule has 1 aromatic rings. The molecule has 0 radical (unpaired) electrons. The van der Waals surface area contributed by atoms with Crippen molar-refractivity contribution in [2.24, 2.45) is 5.92 Å². The van der Waals surface area contributed by atoms with E-state index in [2.05, 4.69) is 11.9 Å². The van der Waals surface area contributed by atoms with Crippen molar-refractivity contribution in [3.05, 3.63) is 29.1 Å². The highest BCUT2D eigenvalue weighted by Gasteiger charge is 2.32. The van der Waals surface area contributed by atoms with Gasteiger partial charge in [-0.25, -0.2) is 0 Å². The van der Waals surface area contributed by atoms with Gasteiger partial charge in [-0.3, -0.25) is 4.98 Å². The van der Waals surface area contributed by atoms with Gasteiger partial charge in [0.25, 0.3) is 0 Å². The standard InChI is InChI=1S/C11H12F3N/c1-7-2-3-10-8(4-7)5-9(6-15-10)11(12,13)14/h5-7H,2-4H2,1H3. The molecule has 1 aliphatic rings. The molecule has 0 amide bonds. The summed E-state index contributed by atoms with van der Waals surface area (Å²) in [7, 11) is 0. The molecule has 0 aliphatic heterocycles. The van der Waals surface area contributed by atoms with Gasteiger partial charge in [-0.2, -0.15) is 13.2 Å². The molecular weight excluding hydrogens is 203 g/mol. The molecule has 0 saturated carbocycles. The number of hydrogen-bond donors (Lipinski definition) is 0. The fourth-order valence-corrected chi connectivity index (χ4v) is 1.96. The van der Waals surface area contributed by atoms with Crippen molar-refractivity contribution in [1.82, 2.24) is 4.98 Å². The Hall–Kier alpha value is -1.06. The predicted octanol–water partition coefficient (Wildman–Crippen LogP) is 3.23. The van der Waals surface area contributed by atoms with E-state index in [1.54, 1.807) is 0 Å². The minimum absolute atomic E-state index is 0.461. The maximum Gasteiger partial charge on any atom is 0.417 e. The second kappa shape index (κ2) is 3.51. The third kappa shape index (κ3) is 2.13. The second-order valence-corrected chi connectivity index (χ2v) is 4.18. The molecule has 0 bridgehead atoms. The van der Waals surface area contributed by atoms with E-state index in [1.807, 2.05) is 0 Å². The monoisotopic (exact) mass is 215 g/mol. The summed E-state index contributed by atoms with van der Waals surface area (Å²) in [5.74, 6) is 0.461. The van der Waals surface area contributed by atoms with Gasteiger partial charge < -0.3 is 0 Å². The van der Waals surface area contributed by atoms with Gasteiger partial charge in [0.15, 0.2) is 0 Å². The topological polar surface area (TPSA) is 12.9 Å². The van der Waals surface area contributed by atoms with Crippen LogP contribution in [0.25, 0.3) is 0 Å². The lowest BCUT2D eigenvalue weighted by Crippen LogP contribution is -2.15. The van der Waals surface area contributed by atoms with Crippen molar-refractivity contribution in [3.63, 3.8) is 0 Å². The molecule has 1 nitrogen and oxygen atoms in total. The van der Waals surface area contributed by atoms with Gasteiger partial charge in [-0.05, 0) is 36.8 Å². The maximum absolute atomic E-state index is 12.4. The zero-order chi connectivity index (χ0) is 11.1. The summed E-state index contributed by atoms with van der Waals surface area (Å²) in [5, 5.41) is 0. The lowest BCUT2D eigenvalue weighted by molar-refractivity contribution is -0.137. The Kier molecular flexibility index (Phi) is 2.44. The van der Waals surface area contributed by atoms with Crippen LogP contribution in [0.5, 0.6) is 0 Å². The smallest absolute Gasteiger partial charge is 0.260 e. The lowest BCUT2D eigenvalue weighted by atomic mass is 9.87. The van der Waals surface area contributed by atoms with E-state index in [4.69, 9.17) is 0 Å². The van der Waals surface area contributed by atoms with E-state index in [1.165, 1.54) is 6.07 Å². The Balaban J connectivity index is 2.37. The average Bonchev–Trinajstić information content (AvgIpc) is 2.15. The van der Waals surface area contributed by atoms with Crippen LogP contribution in [0, 0.1) is 5.92 Å². The number of alkyl halides is 3. The van der Waals surface area contributed by atoms with E-state index < -0.39 is 11.7 Å². The number of rotatable bonds is 0. The van der Waals surface area contributed by atoms with Crippen molar-refractivity contribution in [2.45, 2.75) is 32.4 Å². The number of nitrogens with zero attached hydrogens (tertiary/aromatic N) is 1. The maximum atomic E-state index is 12.4. The molecule has 15 heavy (non-hydrogen) atoms. The van der Waals surface area contributed by atoms with Crippen LogP contribution in [0.1, 0.15) is 30.2 Å². The Labute approximate surface area is 86.3 Å². The number of hydrogen-bond acceptors (Lipinski definition) is 1. The first-order chi connectivity index (χ1) is 6.97. The van der Waals surface area contributed by atoms with E-state index in [0.29, 0.717) is 12.3 Å². The third-order valence-corrected chi connectivity index (χ3v) is 2.83. The summed E-state index contributed by atoms with van der Waals surface area (Å²) in [4.78, 5) is 3.90. The van der Waals surface area contributed by atoms with Crippen molar-refractivity contribution in [3.8, 4) is 0 Å². The minimum atomic E-state index is -4.28. The summed E-state index contributed by atoms with van der Waals surface area (Å²) in [5.41, 5.74) is 0.972. The van der Waals surface area contributed by atoms with Gasteiger partial charge in [0, 0.05) is 11.9 Å². The highest BCUT2D eigenvalue weighted by atomic mass is 19.4. The molecule has 1 aliphatic carbocycles.